The van der Waals surface area contributed by atoms with Gasteiger partial charge in [-0.2, -0.15) is 4.57 Å². The molecule has 0 aliphatic rings. The molecule has 0 unspecified atom stereocenters. The molecule has 0 saturated carbocycles. The van der Waals surface area contributed by atoms with E-state index in [0.717, 1.165) is 11.3 Å². The predicted octanol–water partition coefficient (Wildman–Crippen LogP) is 4.36. The number of hydrogen-bond acceptors (Lipinski definition) is 4. The van der Waals surface area contributed by atoms with Gasteiger partial charge in [0.05, 0.1) is 5.56 Å². The minimum absolute atomic E-state index is 0.165. The lowest BCUT2D eigenvalue weighted by atomic mass is 10.1. The second-order valence-corrected chi connectivity index (χ2v) is 7.47. The summed E-state index contributed by atoms with van der Waals surface area (Å²) in [6.45, 7) is 4.01. The predicted molar refractivity (Wildman–Crippen MR) is 118 cm³/mol. The maximum absolute atomic E-state index is 13.6. The molecule has 3 aromatic carbocycles. The number of ether oxygens (including phenoxy) is 1. The summed E-state index contributed by atoms with van der Waals surface area (Å²) >= 11 is 1.04. The van der Waals surface area contributed by atoms with Crippen LogP contribution in [0.2, 0.25) is 0 Å². The van der Waals surface area contributed by atoms with Gasteiger partial charge in [-0.3, -0.25) is 4.79 Å². The highest BCUT2D eigenvalue weighted by atomic mass is 32.1. The van der Waals surface area contributed by atoms with E-state index in [0.29, 0.717) is 34.2 Å². The van der Waals surface area contributed by atoms with Crippen molar-refractivity contribution >= 4 is 11.3 Å². The first-order chi connectivity index (χ1) is 14.7. The Bertz CT molecular complexity index is 1230. The molecular weight excluding hydrogens is 394 g/mol. The van der Waals surface area contributed by atoms with Crippen molar-refractivity contribution in [1.82, 2.24) is 0 Å². The molecule has 30 heavy (non-hydrogen) atoms. The summed E-state index contributed by atoms with van der Waals surface area (Å²) in [5.41, 5.74) is 2.14. The Hall–Kier alpha value is -3.70. The molecule has 0 aliphatic carbocycles. The van der Waals surface area contributed by atoms with Crippen LogP contribution < -0.4 is 19.2 Å². The van der Waals surface area contributed by atoms with Gasteiger partial charge in [-0.05, 0) is 29.0 Å². The number of rotatable bonds is 6. The molecule has 4 rings (SSSR count). The smallest absolute Gasteiger partial charge is 0.281 e. The third-order valence-electron chi connectivity index (χ3n) is 4.56. The zero-order valence-corrected chi connectivity index (χ0v) is 17.0. The van der Waals surface area contributed by atoms with Gasteiger partial charge in [-0.15, -0.1) is 0 Å². The minimum atomic E-state index is -0.357. The van der Waals surface area contributed by atoms with E-state index in [1.54, 1.807) is 22.8 Å². The van der Waals surface area contributed by atoms with Crippen molar-refractivity contribution in [3.63, 3.8) is 0 Å². The molecule has 0 radical (unpaired) electrons. The van der Waals surface area contributed by atoms with Crippen LogP contribution in [0, 0.1) is 0 Å². The van der Waals surface area contributed by atoms with E-state index in [1.165, 1.54) is 0 Å². The highest BCUT2D eigenvalue weighted by molar-refractivity contribution is 7.12. The number of nitrogens with zero attached hydrogens (tertiary/aromatic N) is 1. The molecule has 148 valence electrons. The van der Waals surface area contributed by atoms with E-state index in [1.807, 2.05) is 72.8 Å². The van der Waals surface area contributed by atoms with Crippen LogP contribution in [0.1, 0.15) is 0 Å². The fourth-order valence-electron chi connectivity index (χ4n) is 3.23. The van der Waals surface area contributed by atoms with Gasteiger partial charge in [0.1, 0.15) is 17.9 Å². The molecule has 0 saturated heterocycles. The van der Waals surface area contributed by atoms with Crippen LogP contribution in [-0.2, 0) is 0 Å². The molecule has 0 N–H and O–H groups in total. The van der Waals surface area contributed by atoms with Crippen LogP contribution in [0.3, 0.4) is 0 Å². The van der Waals surface area contributed by atoms with E-state index < -0.39 is 0 Å². The summed E-state index contributed by atoms with van der Waals surface area (Å²) in [5.74, 6) is 0.231. The van der Waals surface area contributed by atoms with Crippen LogP contribution in [-0.4, -0.2) is 6.61 Å². The lowest BCUT2D eigenvalue weighted by Crippen LogP contribution is -2.39. The zero-order valence-electron chi connectivity index (χ0n) is 16.2. The molecule has 1 aromatic heterocycles. The van der Waals surface area contributed by atoms with Crippen molar-refractivity contribution < 1.29 is 14.4 Å². The molecule has 0 aliphatic heterocycles. The topological polar surface area (TPSA) is 53.2 Å². The highest BCUT2D eigenvalue weighted by Crippen LogP contribution is 2.33. The summed E-state index contributed by atoms with van der Waals surface area (Å²) in [6.07, 6.45) is 1.65. The molecular formula is C25H19NO3S. The largest absolute Gasteiger partial charge is 0.822 e. The van der Waals surface area contributed by atoms with E-state index in [2.05, 4.69) is 6.58 Å². The standard InChI is InChI=1S/C25H19NO3S/c1-2-17-29-21-16-10-9-15-20(21)24-26(19-13-7-4-8-14-19)23(27)22(25(28)30-24)18-11-5-3-6-12-18/h2-16H,1,17H2. The molecule has 0 amide bonds. The number of para-hydroxylation sites is 2. The third kappa shape index (κ3) is 3.75. The number of aromatic nitrogens is 1. The first-order valence-electron chi connectivity index (χ1n) is 9.45. The molecule has 0 bridgehead atoms. The van der Waals surface area contributed by atoms with Crippen LogP contribution in [0.4, 0.5) is 0 Å². The first kappa shape index (κ1) is 19.6. The van der Waals surface area contributed by atoms with Crippen molar-refractivity contribution in [3.8, 4) is 39.0 Å². The summed E-state index contributed by atoms with van der Waals surface area (Å²) in [4.78, 5) is 13.1. The lowest BCUT2D eigenvalue weighted by Gasteiger charge is -2.15. The summed E-state index contributed by atoms with van der Waals surface area (Å²) < 4.78 is 7.10. The third-order valence-corrected chi connectivity index (χ3v) is 5.55. The van der Waals surface area contributed by atoms with Gasteiger partial charge in [-0.25, -0.2) is 0 Å². The Morgan fingerprint density at radius 3 is 2.27 bits per heavy atom. The van der Waals surface area contributed by atoms with E-state index in [4.69, 9.17) is 4.74 Å². The summed E-state index contributed by atoms with van der Waals surface area (Å²) in [5, 5.41) is 14.1. The summed E-state index contributed by atoms with van der Waals surface area (Å²) in [7, 11) is 0. The average molecular weight is 413 g/mol. The zero-order chi connectivity index (χ0) is 20.9. The van der Waals surface area contributed by atoms with Crippen LogP contribution in [0.25, 0.3) is 27.4 Å². The quantitative estimate of drug-likeness (QED) is 0.349. The molecule has 1 heterocycles. The molecule has 0 spiro atoms. The van der Waals surface area contributed by atoms with Gasteiger partial charge in [0, 0.05) is 12.1 Å². The fraction of sp³-hybridized carbons (Fsp3) is 0.0400. The average Bonchev–Trinajstić information content (AvgIpc) is 2.79. The van der Waals surface area contributed by atoms with Gasteiger partial charge in [-0.1, -0.05) is 73.3 Å². The Morgan fingerprint density at radius 2 is 1.57 bits per heavy atom. The number of hydrogen-bond donors (Lipinski definition) is 0. The second kappa shape index (κ2) is 8.76. The van der Waals surface area contributed by atoms with Crippen LogP contribution in [0.15, 0.2) is 102 Å². The minimum Gasteiger partial charge on any atom is -0.822 e. The van der Waals surface area contributed by atoms with Crippen LogP contribution >= 0.6 is 11.3 Å². The maximum Gasteiger partial charge on any atom is 0.281 e. The summed E-state index contributed by atoms with van der Waals surface area (Å²) in [6, 6.07) is 25.8. The Morgan fingerprint density at radius 1 is 0.933 bits per heavy atom. The number of benzene rings is 3. The molecule has 4 aromatic rings. The molecule has 4 nitrogen and oxygen atoms in total. The first-order valence-corrected chi connectivity index (χ1v) is 10.3. The Labute approximate surface area is 178 Å². The van der Waals surface area contributed by atoms with Crippen molar-refractivity contribution in [3.05, 3.63) is 107 Å². The van der Waals surface area contributed by atoms with Gasteiger partial charge >= 0.3 is 0 Å². The highest BCUT2D eigenvalue weighted by Gasteiger charge is 2.26. The van der Waals surface area contributed by atoms with Gasteiger partial charge in [0.15, 0.2) is 5.88 Å². The maximum atomic E-state index is 13.6. The van der Waals surface area contributed by atoms with Crippen molar-refractivity contribution in [2.75, 3.05) is 6.61 Å². The monoisotopic (exact) mass is 413 g/mol. The van der Waals surface area contributed by atoms with E-state index >= 15 is 0 Å². The van der Waals surface area contributed by atoms with Crippen molar-refractivity contribution in [2.24, 2.45) is 0 Å². The van der Waals surface area contributed by atoms with Gasteiger partial charge < -0.3 is 9.84 Å². The molecule has 5 heteroatoms. The molecule has 0 atom stereocenters. The van der Waals surface area contributed by atoms with E-state index in [9.17, 15) is 9.90 Å². The Balaban J connectivity index is 2.04. The van der Waals surface area contributed by atoms with Crippen molar-refractivity contribution in [2.45, 2.75) is 0 Å². The van der Waals surface area contributed by atoms with Gasteiger partial charge in [0.2, 0.25) is 5.69 Å². The lowest BCUT2D eigenvalue weighted by molar-refractivity contribution is -0.638. The second-order valence-electron chi connectivity index (χ2n) is 6.51. The SMILES string of the molecule is C=CCOc1ccccc1-c1sc(=O)c(-c2ccccc2)c([O-])[n+]1-c1ccccc1. The van der Waals surface area contributed by atoms with Crippen LogP contribution in [0.5, 0.6) is 11.6 Å². The van der Waals surface area contributed by atoms with Crippen molar-refractivity contribution in [1.29, 1.82) is 0 Å². The fourth-order valence-corrected chi connectivity index (χ4v) is 4.27. The van der Waals surface area contributed by atoms with E-state index in [-0.39, 0.29) is 16.2 Å². The van der Waals surface area contributed by atoms with Gasteiger partial charge in [0.25, 0.3) is 9.75 Å². The Kier molecular flexibility index (Phi) is 5.72. The molecule has 0 fully saturated rings. The normalized spacial score (nSPS) is 10.5.